The van der Waals surface area contributed by atoms with Crippen LogP contribution in [0.25, 0.3) is 0 Å². The molecule has 4 nitrogen and oxygen atoms in total. The third-order valence-electron chi connectivity index (χ3n) is 6.80. The van der Waals surface area contributed by atoms with Crippen LogP contribution in [0, 0.1) is 11.6 Å². The molecule has 6 heteroatoms. The molecule has 2 atom stereocenters. The first-order valence-electron chi connectivity index (χ1n) is 12.9. The minimum absolute atomic E-state index is 0.187. The molecule has 3 aromatic rings. The van der Waals surface area contributed by atoms with Gasteiger partial charge in [0.2, 0.25) is 0 Å². The number of hydrogen-bond acceptors (Lipinski definition) is 4. The topological polar surface area (TPSA) is 53.8 Å². The Bertz CT molecular complexity index is 1080. The summed E-state index contributed by atoms with van der Waals surface area (Å²) in [6.45, 7) is 6.53. The van der Waals surface area contributed by atoms with E-state index < -0.39 is 0 Å². The fraction of sp³-hybridized carbons (Fsp3) is 0.400. The maximum absolute atomic E-state index is 13.8. The molecule has 36 heavy (non-hydrogen) atoms. The van der Waals surface area contributed by atoms with Crippen LogP contribution < -0.4 is 11.1 Å². The van der Waals surface area contributed by atoms with E-state index in [1.165, 1.54) is 42.2 Å². The van der Waals surface area contributed by atoms with Gasteiger partial charge in [0.25, 0.3) is 0 Å². The van der Waals surface area contributed by atoms with Gasteiger partial charge in [-0.15, -0.1) is 0 Å². The van der Waals surface area contributed by atoms with Gasteiger partial charge < -0.3 is 15.8 Å². The van der Waals surface area contributed by atoms with Crippen molar-refractivity contribution in [2.75, 3.05) is 25.4 Å². The second-order valence-corrected chi connectivity index (χ2v) is 9.73. The average Bonchev–Trinajstić information content (AvgIpc) is 3.69. The van der Waals surface area contributed by atoms with E-state index in [0.29, 0.717) is 6.10 Å². The van der Waals surface area contributed by atoms with Gasteiger partial charge in [-0.2, -0.15) is 0 Å². The molecule has 2 unspecified atom stereocenters. The fourth-order valence-electron chi connectivity index (χ4n) is 4.67. The summed E-state index contributed by atoms with van der Waals surface area (Å²) in [5.41, 5.74) is 11.1. The molecule has 192 valence electrons. The highest BCUT2D eigenvalue weighted by Crippen LogP contribution is 2.26. The standard InChI is InChI=1S/C25H27F2N3.C5H10O/c26-22-6-1-18(2-7-22)13-25-15-21-14-23(27)8-5-20(21)17-30(25)12-11-29-16-19-3-9-24(28)10-4-19;1-2-3-5-4-6-5/h1-10,14,25,29H,11-13,15-17,28H2;5H,2-4H2,1H3. The van der Waals surface area contributed by atoms with Crippen LogP contribution in [0.1, 0.15) is 42.0 Å². The van der Waals surface area contributed by atoms with Crippen molar-refractivity contribution >= 4 is 5.69 Å². The van der Waals surface area contributed by atoms with Crippen molar-refractivity contribution in [3.63, 3.8) is 0 Å². The predicted octanol–water partition coefficient (Wildman–Crippen LogP) is 5.49. The molecular weight excluding hydrogens is 456 g/mol. The minimum Gasteiger partial charge on any atom is -0.399 e. The van der Waals surface area contributed by atoms with E-state index in [-0.39, 0.29) is 17.7 Å². The van der Waals surface area contributed by atoms with Crippen LogP contribution in [0.2, 0.25) is 0 Å². The summed E-state index contributed by atoms with van der Waals surface area (Å²) in [7, 11) is 0. The van der Waals surface area contributed by atoms with Gasteiger partial charge in [-0.3, -0.25) is 4.90 Å². The van der Waals surface area contributed by atoms with E-state index in [9.17, 15) is 8.78 Å². The molecule has 0 aromatic heterocycles. The van der Waals surface area contributed by atoms with Gasteiger partial charge in [0.15, 0.2) is 0 Å². The van der Waals surface area contributed by atoms with E-state index in [2.05, 4.69) is 17.1 Å². The Morgan fingerprint density at radius 3 is 2.31 bits per heavy atom. The van der Waals surface area contributed by atoms with Crippen molar-refractivity contribution in [3.8, 4) is 0 Å². The van der Waals surface area contributed by atoms with Crippen LogP contribution in [0.15, 0.2) is 66.7 Å². The predicted molar refractivity (Wildman–Crippen MR) is 142 cm³/mol. The fourth-order valence-corrected chi connectivity index (χ4v) is 4.67. The molecule has 2 aliphatic rings. The summed E-state index contributed by atoms with van der Waals surface area (Å²) < 4.78 is 32.0. The van der Waals surface area contributed by atoms with Crippen molar-refractivity contribution in [2.45, 2.75) is 57.8 Å². The number of fused-ring (bicyclic) bond motifs is 1. The van der Waals surface area contributed by atoms with Gasteiger partial charge in [-0.05, 0) is 77.9 Å². The Morgan fingerprint density at radius 1 is 0.944 bits per heavy atom. The van der Waals surface area contributed by atoms with Crippen molar-refractivity contribution in [2.24, 2.45) is 0 Å². The molecule has 0 aliphatic carbocycles. The molecular formula is C30H37F2N3O. The Kier molecular flexibility index (Phi) is 9.45. The number of nitrogen functional groups attached to an aromatic ring is 1. The lowest BCUT2D eigenvalue weighted by Gasteiger charge is -2.37. The van der Waals surface area contributed by atoms with Crippen molar-refractivity contribution in [1.29, 1.82) is 0 Å². The first-order chi connectivity index (χ1) is 17.5. The molecule has 0 bridgehead atoms. The summed E-state index contributed by atoms with van der Waals surface area (Å²) in [4.78, 5) is 2.44. The number of rotatable bonds is 9. The average molecular weight is 494 g/mol. The van der Waals surface area contributed by atoms with Crippen LogP contribution in [0.3, 0.4) is 0 Å². The van der Waals surface area contributed by atoms with E-state index in [4.69, 9.17) is 10.5 Å². The lowest BCUT2D eigenvalue weighted by molar-refractivity contribution is 0.170. The molecule has 2 heterocycles. The quantitative estimate of drug-likeness (QED) is 0.235. The highest BCUT2D eigenvalue weighted by molar-refractivity contribution is 5.39. The number of epoxide rings is 1. The Labute approximate surface area is 213 Å². The molecule has 1 saturated heterocycles. The monoisotopic (exact) mass is 493 g/mol. The van der Waals surface area contributed by atoms with Crippen LogP contribution in [0.5, 0.6) is 0 Å². The molecule has 3 aromatic carbocycles. The second kappa shape index (κ2) is 12.9. The molecule has 0 spiro atoms. The number of nitrogens with zero attached hydrogens (tertiary/aromatic N) is 1. The zero-order valence-corrected chi connectivity index (χ0v) is 21.1. The van der Waals surface area contributed by atoms with Crippen molar-refractivity contribution in [3.05, 3.63) is 101 Å². The lowest BCUT2D eigenvalue weighted by atomic mass is 9.90. The van der Waals surface area contributed by atoms with Crippen molar-refractivity contribution in [1.82, 2.24) is 10.2 Å². The zero-order valence-electron chi connectivity index (χ0n) is 21.1. The third kappa shape index (κ3) is 8.12. The Balaban J connectivity index is 0.000000445. The minimum atomic E-state index is -0.224. The SMILES string of the molecule is CCCC1CO1.Nc1ccc(CNCCN2Cc3ccc(F)cc3CC2Cc2ccc(F)cc2)cc1. The van der Waals surface area contributed by atoms with Crippen molar-refractivity contribution < 1.29 is 13.5 Å². The number of hydrogen-bond donors (Lipinski definition) is 2. The Morgan fingerprint density at radius 2 is 1.64 bits per heavy atom. The second-order valence-electron chi connectivity index (χ2n) is 9.73. The number of anilines is 1. The van der Waals surface area contributed by atoms with Gasteiger partial charge in [0.05, 0.1) is 12.7 Å². The maximum atomic E-state index is 13.8. The van der Waals surface area contributed by atoms with Crippen LogP contribution in [-0.2, 0) is 30.7 Å². The number of nitrogens with one attached hydrogen (secondary N) is 1. The first kappa shape index (κ1) is 26.3. The summed E-state index contributed by atoms with van der Waals surface area (Å²) in [6, 6.07) is 19.9. The van der Waals surface area contributed by atoms with Gasteiger partial charge in [0.1, 0.15) is 11.6 Å². The maximum Gasteiger partial charge on any atom is 0.123 e. The normalized spacial score (nSPS) is 18.8. The number of benzene rings is 3. The Hall–Kier alpha value is -2.80. The van der Waals surface area contributed by atoms with E-state index in [1.54, 1.807) is 6.07 Å². The molecule has 5 rings (SSSR count). The van der Waals surface area contributed by atoms with Crippen LogP contribution in [-0.4, -0.2) is 36.7 Å². The van der Waals surface area contributed by atoms with E-state index in [1.807, 2.05) is 42.5 Å². The number of halogens is 2. The number of ether oxygens (including phenoxy) is 1. The summed E-state index contributed by atoms with van der Waals surface area (Å²) in [5.74, 6) is -0.411. The first-order valence-corrected chi connectivity index (χ1v) is 12.9. The van der Waals surface area contributed by atoms with Crippen LogP contribution >= 0.6 is 0 Å². The largest absolute Gasteiger partial charge is 0.399 e. The van der Waals surface area contributed by atoms with E-state index in [0.717, 1.165) is 62.4 Å². The number of nitrogens with two attached hydrogens (primary N) is 1. The molecule has 0 amide bonds. The summed E-state index contributed by atoms with van der Waals surface area (Å²) >= 11 is 0. The van der Waals surface area contributed by atoms with Gasteiger partial charge in [0, 0.05) is 37.9 Å². The molecule has 2 aliphatic heterocycles. The molecule has 1 fully saturated rings. The highest BCUT2D eigenvalue weighted by atomic mass is 19.1. The summed E-state index contributed by atoms with van der Waals surface area (Å²) in [5, 5.41) is 3.50. The zero-order chi connectivity index (χ0) is 25.3. The molecule has 0 saturated carbocycles. The van der Waals surface area contributed by atoms with Gasteiger partial charge in [-0.25, -0.2) is 8.78 Å². The van der Waals surface area contributed by atoms with Crippen LogP contribution in [0.4, 0.5) is 14.5 Å². The van der Waals surface area contributed by atoms with Gasteiger partial charge >= 0.3 is 0 Å². The molecule has 0 radical (unpaired) electrons. The van der Waals surface area contributed by atoms with E-state index >= 15 is 0 Å². The summed E-state index contributed by atoms with van der Waals surface area (Å²) in [6.07, 6.45) is 4.79. The highest BCUT2D eigenvalue weighted by Gasteiger charge is 2.26. The lowest BCUT2D eigenvalue weighted by Crippen LogP contribution is -2.44. The smallest absolute Gasteiger partial charge is 0.123 e. The molecule has 3 N–H and O–H groups in total. The van der Waals surface area contributed by atoms with Gasteiger partial charge in [-0.1, -0.05) is 43.7 Å². The third-order valence-corrected chi connectivity index (χ3v) is 6.80.